The minimum absolute atomic E-state index is 0.0509. The van der Waals surface area contributed by atoms with Gasteiger partial charge in [0.25, 0.3) is 0 Å². The van der Waals surface area contributed by atoms with E-state index in [-0.39, 0.29) is 23.1 Å². The highest BCUT2D eigenvalue weighted by atomic mass is 32.2. The SMILES string of the molecule is CC(=O)SC(C)(C)c1cc(CO)cc(CO)c1. The van der Waals surface area contributed by atoms with E-state index < -0.39 is 0 Å². The van der Waals surface area contributed by atoms with Crippen LogP contribution in [0.5, 0.6) is 0 Å². The van der Waals surface area contributed by atoms with E-state index in [0.717, 1.165) is 16.7 Å². The number of aliphatic hydroxyl groups excluding tert-OH is 2. The van der Waals surface area contributed by atoms with Crippen molar-refractivity contribution in [3.63, 3.8) is 0 Å². The molecule has 0 aliphatic carbocycles. The van der Waals surface area contributed by atoms with Gasteiger partial charge >= 0.3 is 0 Å². The topological polar surface area (TPSA) is 57.5 Å². The Hall–Kier alpha value is -0.840. The van der Waals surface area contributed by atoms with Crippen LogP contribution in [0.15, 0.2) is 18.2 Å². The number of rotatable bonds is 4. The van der Waals surface area contributed by atoms with Crippen LogP contribution in [0.1, 0.15) is 37.5 Å². The minimum Gasteiger partial charge on any atom is -0.392 e. The van der Waals surface area contributed by atoms with Gasteiger partial charge in [-0.1, -0.05) is 30.0 Å². The van der Waals surface area contributed by atoms with Crippen LogP contribution in [-0.2, 0) is 22.8 Å². The molecule has 0 saturated heterocycles. The lowest BCUT2D eigenvalue weighted by Crippen LogP contribution is -2.15. The zero-order chi connectivity index (χ0) is 13.1. The molecule has 94 valence electrons. The summed E-state index contributed by atoms with van der Waals surface area (Å²) in [5.74, 6) is 0. The molecule has 1 aromatic rings. The first-order valence-electron chi connectivity index (χ1n) is 5.43. The highest BCUT2D eigenvalue weighted by Crippen LogP contribution is 2.36. The molecule has 0 saturated carbocycles. The Morgan fingerprint density at radius 2 is 1.65 bits per heavy atom. The molecule has 2 N–H and O–H groups in total. The molecule has 0 aromatic heterocycles. The molecular formula is C13H18O3S. The highest BCUT2D eigenvalue weighted by molar-refractivity contribution is 8.14. The fourth-order valence-electron chi connectivity index (χ4n) is 1.71. The number of aliphatic hydroxyl groups is 2. The molecule has 0 spiro atoms. The van der Waals surface area contributed by atoms with Gasteiger partial charge in [0.1, 0.15) is 0 Å². The van der Waals surface area contributed by atoms with Crippen LogP contribution in [0.3, 0.4) is 0 Å². The van der Waals surface area contributed by atoms with Gasteiger partial charge in [0.2, 0.25) is 0 Å². The van der Waals surface area contributed by atoms with Crippen molar-refractivity contribution < 1.29 is 15.0 Å². The maximum Gasteiger partial charge on any atom is 0.186 e. The first kappa shape index (κ1) is 14.2. The monoisotopic (exact) mass is 254 g/mol. The first-order chi connectivity index (χ1) is 7.89. The summed E-state index contributed by atoms with van der Waals surface area (Å²) in [6, 6.07) is 5.50. The van der Waals surface area contributed by atoms with Crippen molar-refractivity contribution in [3.05, 3.63) is 34.9 Å². The van der Waals surface area contributed by atoms with Crippen molar-refractivity contribution in [3.8, 4) is 0 Å². The molecule has 1 rings (SSSR count). The van der Waals surface area contributed by atoms with Crippen molar-refractivity contribution in [2.24, 2.45) is 0 Å². The lowest BCUT2D eigenvalue weighted by atomic mass is 9.97. The van der Waals surface area contributed by atoms with Crippen molar-refractivity contribution in [1.82, 2.24) is 0 Å². The van der Waals surface area contributed by atoms with E-state index in [1.807, 2.05) is 26.0 Å². The van der Waals surface area contributed by atoms with Gasteiger partial charge in [-0.3, -0.25) is 4.79 Å². The molecular weight excluding hydrogens is 236 g/mol. The van der Waals surface area contributed by atoms with Gasteiger partial charge in [0, 0.05) is 11.7 Å². The molecule has 0 amide bonds. The number of carbonyl (C=O) groups excluding carboxylic acids is 1. The standard InChI is InChI=1S/C13H18O3S/c1-9(16)17-13(2,3)12-5-10(7-14)4-11(6-12)8-15/h4-6,14-15H,7-8H2,1-3H3. The predicted molar refractivity (Wildman–Crippen MR) is 69.6 cm³/mol. The van der Waals surface area contributed by atoms with Gasteiger partial charge in [-0.15, -0.1) is 0 Å². The summed E-state index contributed by atoms with van der Waals surface area (Å²) >= 11 is 1.25. The van der Waals surface area contributed by atoms with Gasteiger partial charge in [0.05, 0.1) is 13.2 Å². The van der Waals surface area contributed by atoms with Gasteiger partial charge in [-0.2, -0.15) is 0 Å². The molecule has 0 fully saturated rings. The Balaban J connectivity index is 3.15. The van der Waals surface area contributed by atoms with Crippen molar-refractivity contribution in [2.45, 2.75) is 38.7 Å². The van der Waals surface area contributed by atoms with E-state index in [1.165, 1.54) is 18.7 Å². The van der Waals surface area contributed by atoms with Crippen molar-refractivity contribution in [1.29, 1.82) is 0 Å². The molecule has 17 heavy (non-hydrogen) atoms. The molecule has 0 bridgehead atoms. The first-order valence-corrected chi connectivity index (χ1v) is 6.25. The summed E-state index contributed by atoms with van der Waals surface area (Å²) in [4.78, 5) is 11.2. The van der Waals surface area contributed by atoms with Crippen LogP contribution in [0, 0.1) is 0 Å². The van der Waals surface area contributed by atoms with E-state index in [2.05, 4.69) is 0 Å². The molecule has 0 radical (unpaired) electrons. The molecule has 0 aliphatic rings. The van der Waals surface area contributed by atoms with Crippen molar-refractivity contribution >= 4 is 16.9 Å². The average molecular weight is 254 g/mol. The molecule has 0 aliphatic heterocycles. The van der Waals surface area contributed by atoms with E-state index in [9.17, 15) is 15.0 Å². The van der Waals surface area contributed by atoms with Gasteiger partial charge < -0.3 is 10.2 Å². The average Bonchev–Trinajstić information content (AvgIpc) is 2.26. The normalized spacial score (nSPS) is 11.6. The van der Waals surface area contributed by atoms with Crippen LogP contribution < -0.4 is 0 Å². The maximum absolute atomic E-state index is 11.2. The Labute approximate surface area is 106 Å². The van der Waals surface area contributed by atoms with Crippen LogP contribution in [0.4, 0.5) is 0 Å². The van der Waals surface area contributed by atoms with Crippen LogP contribution in [0.2, 0.25) is 0 Å². The zero-order valence-electron chi connectivity index (χ0n) is 10.4. The van der Waals surface area contributed by atoms with Crippen LogP contribution >= 0.6 is 11.8 Å². The van der Waals surface area contributed by atoms with Crippen LogP contribution in [0.25, 0.3) is 0 Å². The largest absolute Gasteiger partial charge is 0.392 e. The fraction of sp³-hybridized carbons (Fsp3) is 0.462. The summed E-state index contributed by atoms with van der Waals surface area (Å²) in [5.41, 5.74) is 2.45. The van der Waals surface area contributed by atoms with Crippen LogP contribution in [-0.4, -0.2) is 15.3 Å². The Kier molecular flexibility index (Phi) is 4.74. The third-order valence-electron chi connectivity index (χ3n) is 2.51. The summed E-state index contributed by atoms with van der Waals surface area (Å²) in [5, 5.41) is 18.4. The number of hydrogen-bond acceptors (Lipinski definition) is 4. The second-order valence-electron chi connectivity index (χ2n) is 4.46. The summed E-state index contributed by atoms with van der Waals surface area (Å²) in [7, 11) is 0. The van der Waals surface area contributed by atoms with E-state index in [0.29, 0.717) is 0 Å². The fourth-order valence-corrected chi connectivity index (χ4v) is 2.67. The quantitative estimate of drug-likeness (QED) is 0.864. The third kappa shape index (κ3) is 3.84. The minimum atomic E-state index is -0.360. The predicted octanol–water partition coefficient (Wildman–Crippen LogP) is 2.19. The summed E-state index contributed by atoms with van der Waals surface area (Å²) in [6.45, 7) is 5.31. The van der Waals surface area contributed by atoms with Gasteiger partial charge in [-0.05, 0) is 30.5 Å². The lowest BCUT2D eigenvalue weighted by Gasteiger charge is -2.24. The van der Waals surface area contributed by atoms with Gasteiger partial charge in [-0.25, -0.2) is 0 Å². The molecule has 1 aromatic carbocycles. The third-order valence-corrected chi connectivity index (χ3v) is 3.55. The number of benzene rings is 1. The molecule has 3 nitrogen and oxygen atoms in total. The van der Waals surface area contributed by atoms with E-state index >= 15 is 0 Å². The summed E-state index contributed by atoms with van der Waals surface area (Å²) in [6.07, 6.45) is 0. The van der Waals surface area contributed by atoms with E-state index in [4.69, 9.17) is 0 Å². The molecule has 4 heteroatoms. The number of thioether (sulfide) groups is 1. The zero-order valence-corrected chi connectivity index (χ0v) is 11.2. The van der Waals surface area contributed by atoms with Crippen molar-refractivity contribution in [2.75, 3.05) is 0 Å². The molecule has 0 atom stereocenters. The molecule has 0 heterocycles. The smallest absolute Gasteiger partial charge is 0.186 e. The Morgan fingerprint density at radius 1 is 1.18 bits per heavy atom. The molecule has 0 unspecified atom stereocenters. The number of hydrogen-bond donors (Lipinski definition) is 2. The van der Waals surface area contributed by atoms with Gasteiger partial charge in [0.15, 0.2) is 5.12 Å². The summed E-state index contributed by atoms with van der Waals surface area (Å²) < 4.78 is -0.360. The Morgan fingerprint density at radius 3 is 2.00 bits per heavy atom. The lowest BCUT2D eigenvalue weighted by molar-refractivity contribution is -0.109. The van der Waals surface area contributed by atoms with E-state index in [1.54, 1.807) is 6.07 Å². The second-order valence-corrected chi connectivity index (χ2v) is 6.26. The maximum atomic E-state index is 11.2. The number of carbonyl (C=O) groups is 1. The highest BCUT2D eigenvalue weighted by Gasteiger charge is 2.24. The second kappa shape index (κ2) is 5.67. The Bertz CT molecular complexity index is 391.